The molecule has 37 heavy (non-hydrogen) atoms. The fourth-order valence-electron chi connectivity index (χ4n) is 6.78. The van der Waals surface area contributed by atoms with Crippen molar-refractivity contribution in [2.75, 3.05) is 4.90 Å². The van der Waals surface area contributed by atoms with Gasteiger partial charge in [0, 0.05) is 33.7 Å². The molecule has 180 valence electrons. The third kappa shape index (κ3) is 2.75. The molecular formula is C31H21ClN2O3. The summed E-state index contributed by atoms with van der Waals surface area (Å²) < 4.78 is 0. The number of benzene rings is 3. The van der Waals surface area contributed by atoms with Crippen LogP contribution >= 0.6 is 11.6 Å². The number of anilines is 1. The van der Waals surface area contributed by atoms with Crippen molar-refractivity contribution < 1.29 is 14.4 Å². The molecule has 1 spiro atoms. The number of carbonyl (C=O) groups is 3. The number of hydrogen-bond acceptors (Lipinski definition) is 5. The molecule has 1 aliphatic carbocycles. The molecule has 0 bridgehead atoms. The van der Waals surface area contributed by atoms with Crippen LogP contribution in [-0.4, -0.2) is 34.4 Å². The number of nitrogens with zero attached hydrogens (tertiary/aromatic N) is 2. The van der Waals surface area contributed by atoms with E-state index in [1.807, 2.05) is 53.5 Å². The number of carbonyl (C=O) groups excluding carboxylic acids is 3. The molecule has 0 N–H and O–H groups in total. The van der Waals surface area contributed by atoms with Crippen LogP contribution in [0.2, 0.25) is 5.02 Å². The highest BCUT2D eigenvalue weighted by Crippen LogP contribution is 2.61. The van der Waals surface area contributed by atoms with Crippen molar-refractivity contribution in [1.29, 1.82) is 0 Å². The SMILES string of the molecule is CC(=O)C1C(c2ccc(Cl)cc2)C2(C(=O)c3ccccc3C2=O)C2C=Cc3ccc4cccnc4c3N12. The first-order chi connectivity index (χ1) is 17.9. The van der Waals surface area contributed by atoms with Gasteiger partial charge in [-0.25, -0.2) is 0 Å². The second kappa shape index (κ2) is 7.70. The normalized spacial score (nSPS) is 22.9. The summed E-state index contributed by atoms with van der Waals surface area (Å²) in [6.45, 7) is 1.54. The van der Waals surface area contributed by atoms with Crippen molar-refractivity contribution >= 4 is 51.6 Å². The van der Waals surface area contributed by atoms with Crippen molar-refractivity contribution in [1.82, 2.24) is 4.98 Å². The molecule has 3 atom stereocenters. The summed E-state index contributed by atoms with van der Waals surface area (Å²) in [5, 5.41) is 1.47. The molecule has 1 fully saturated rings. The van der Waals surface area contributed by atoms with Gasteiger partial charge in [0.1, 0.15) is 5.41 Å². The maximum atomic E-state index is 14.4. The minimum atomic E-state index is -1.50. The number of aromatic nitrogens is 1. The van der Waals surface area contributed by atoms with E-state index in [0.717, 1.165) is 27.7 Å². The van der Waals surface area contributed by atoms with Crippen molar-refractivity contribution in [2.24, 2.45) is 5.41 Å². The molecule has 1 aromatic heterocycles. The van der Waals surface area contributed by atoms with Gasteiger partial charge in [-0.3, -0.25) is 19.4 Å². The van der Waals surface area contributed by atoms with Gasteiger partial charge in [-0.2, -0.15) is 0 Å². The Kier molecular flexibility index (Phi) is 4.61. The number of halogens is 1. The molecule has 0 saturated carbocycles. The van der Waals surface area contributed by atoms with Crippen LogP contribution in [0.3, 0.4) is 0 Å². The molecule has 6 heteroatoms. The van der Waals surface area contributed by atoms with Crippen LogP contribution in [0, 0.1) is 5.41 Å². The first-order valence-corrected chi connectivity index (χ1v) is 12.6. The first kappa shape index (κ1) is 22.1. The molecular weight excluding hydrogens is 484 g/mol. The van der Waals surface area contributed by atoms with E-state index in [-0.39, 0.29) is 17.3 Å². The number of fused-ring (bicyclic) bond motifs is 7. The van der Waals surface area contributed by atoms with Crippen LogP contribution in [0.5, 0.6) is 0 Å². The van der Waals surface area contributed by atoms with E-state index < -0.39 is 23.4 Å². The maximum absolute atomic E-state index is 14.4. The minimum Gasteiger partial charge on any atom is -0.351 e. The summed E-state index contributed by atoms with van der Waals surface area (Å²) >= 11 is 6.22. The molecule has 4 aromatic rings. The van der Waals surface area contributed by atoms with Gasteiger partial charge in [0.2, 0.25) is 0 Å². The zero-order valence-corrected chi connectivity index (χ0v) is 20.6. The lowest BCUT2D eigenvalue weighted by Crippen LogP contribution is -2.48. The maximum Gasteiger partial charge on any atom is 0.180 e. The molecule has 3 heterocycles. The number of rotatable bonds is 2. The van der Waals surface area contributed by atoms with Gasteiger partial charge in [-0.1, -0.05) is 78.4 Å². The Bertz CT molecular complexity index is 1660. The topological polar surface area (TPSA) is 67.3 Å². The lowest BCUT2D eigenvalue weighted by atomic mass is 9.64. The number of Topliss-reactive ketones (excluding diaryl/α,β-unsaturated/α-hetero) is 3. The van der Waals surface area contributed by atoms with Gasteiger partial charge in [0.25, 0.3) is 0 Å². The zero-order valence-electron chi connectivity index (χ0n) is 19.9. The molecule has 0 amide bonds. The average molecular weight is 505 g/mol. The fourth-order valence-corrected chi connectivity index (χ4v) is 6.91. The lowest BCUT2D eigenvalue weighted by molar-refractivity contribution is -0.118. The highest BCUT2D eigenvalue weighted by Gasteiger charge is 2.71. The van der Waals surface area contributed by atoms with Crippen LogP contribution in [0.1, 0.15) is 44.7 Å². The average Bonchev–Trinajstić information content (AvgIpc) is 3.35. The molecule has 2 aliphatic heterocycles. The molecule has 3 unspecified atom stereocenters. The Balaban J connectivity index is 1.58. The zero-order chi connectivity index (χ0) is 25.5. The monoisotopic (exact) mass is 504 g/mol. The molecule has 5 nitrogen and oxygen atoms in total. The Labute approximate surface area is 218 Å². The van der Waals surface area contributed by atoms with Crippen LogP contribution in [0.25, 0.3) is 17.0 Å². The van der Waals surface area contributed by atoms with E-state index in [0.29, 0.717) is 16.1 Å². The predicted molar refractivity (Wildman–Crippen MR) is 143 cm³/mol. The van der Waals surface area contributed by atoms with E-state index in [2.05, 4.69) is 4.98 Å². The van der Waals surface area contributed by atoms with Crippen LogP contribution in [0.4, 0.5) is 5.69 Å². The highest BCUT2D eigenvalue weighted by atomic mass is 35.5. The molecule has 3 aromatic carbocycles. The summed E-state index contributed by atoms with van der Waals surface area (Å²) in [6, 6.07) is 20.6. The molecule has 7 rings (SSSR count). The summed E-state index contributed by atoms with van der Waals surface area (Å²) in [5.74, 6) is -1.32. The van der Waals surface area contributed by atoms with E-state index >= 15 is 0 Å². The fraction of sp³-hybridized carbons (Fsp3) is 0.161. The highest BCUT2D eigenvalue weighted by molar-refractivity contribution is 6.32. The van der Waals surface area contributed by atoms with Crippen molar-refractivity contribution in [3.8, 4) is 0 Å². The first-order valence-electron chi connectivity index (χ1n) is 12.2. The summed E-state index contributed by atoms with van der Waals surface area (Å²) in [4.78, 5) is 49.2. The van der Waals surface area contributed by atoms with Gasteiger partial charge in [-0.05, 0) is 36.2 Å². The van der Waals surface area contributed by atoms with Crippen LogP contribution < -0.4 is 4.90 Å². The Hall–Kier alpha value is -4.09. The number of hydrogen-bond donors (Lipinski definition) is 0. The Morgan fingerprint density at radius 1 is 0.919 bits per heavy atom. The minimum absolute atomic E-state index is 0.118. The van der Waals surface area contributed by atoms with Crippen LogP contribution in [0.15, 0.2) is 85.1 Å². The van der Waals surface area contributed by atoms with Crippen molar-refractivity contribution in [3.05, 3.63) is 112 Å². The second-order valence-corrected chi connectivity index (χ2v) is 10.4. The van der Waals surface area contributed by atoms with Gasteiger partial charge in [0.15, 0.2) is 17.3 Å². The second-order valence-electron chi connectivity index (χ2n) is 9.95. The van der Waals surface area contributed by atoms with E-state index in [1.165, 1.54) is 6.92 Å². The van der Waals surface area contributed by atoms with Crippen LogP contribution in [-0.2, 0) is 4.79 Å². The molecule has 1 saturated heterocycles. The number of pyridine rings is 1. The summed E-state index contributed by atoms with van der Waals surface area (Å²) in [6.07, 6.45) is 5.60. The predicted octanol–water partition coefficient (Wildman–Crippen LogP) is 5.91. The Morgan fingerprint density at radius 2 is 1.62 bits per heavy atom. The lowest BCUT2D eigenvalue weighted by Gasteiger charge is -2.37. The molecule has 3 aliphatic rings. The van der Waals surface area contributed by atoms with Gasteiger partial charge in [0.05, 0.1) is 23.3 Å². The number of ketones is 3. The standard InChI is InChI=1S/C31H21ClN2O3/c1-17(35)27-25(18-10-13-21(32)14-11-18)31(29(36)22-6-2-3-7-23(22)30(31)37)24-15-12-20-9-8-19-5-4-16-33-26(19)28(20)34(24)27/h2-16,24-25,27H,1H3. The van der Waals surface area contributed by atoms with E-state index in [1.54, 1.807) is 42.6 Å². The van der Waals surface area contributed by atoms with E-state index in [9.17, 15) is 14.4 Å². The summed E-state index contributed by atoms with van der Waals surface area (Å²) in [7, 11) is 0. The smallest absolute Gasteiger partial charge is 0.180 e. The quantitative estimate of drug-likeness (QED) is 0.317. The van der Waals surface area contributed by atoms with E-state index in [4.69, 9.17) is 11.6 Å². The Morgan fingerprint density at radius 3 is 2.30 bits per heavy atom. The van der Waals surface area contributed by atoms with Crippen molar-refractivity contribution in [3.63, 3.8) is 0 Å². The van der Waals surface area contributed by atoms with Gasteiger partial charge < -0.3 is 4.90 Å². The largest absolute Gasteiger partial charge is 0.351 e. The third-order valence-corrected chi connectivity index (χ3v) is 8.43. The summed E-state index contributed by atoms with van der Waals surface area (Å²) in [5.41, 5.74) is 2.46. The van der Waals surface area contributed by atoms with Crippen molar-refractivity contribution in [2.45, 2.75) is 24.9 Å². The van der Waals surface area contributed by atoms with Gasteiger partial charge in [-0.15, -0.1) is 0 Å². The molecule has 0 radical (unpaired) electrons. The van der Waals surface area contributed by atoms with Gasteiger partial charge >= 0.3 is 0 Å². The third-order valence-electron chi connectivity index (χ3n) is 8.18.